The lowest BCUT2D eigenvalue weighted by atomic mass is 10.0. The molecule has 0 saturated heterocycles. The van der Waals surface area contributed by atoms with E-state index in [1.165, 1.54) is 0 Å². The highest BCUT2D eigenvalue weighted by Crippen LogP contribution is 2.25. The number of para-hydroxylation sites is 1. The molecule has 0 unspecified atom stereocenters. The SMILES string of the molecule is CCOCCOc1ccc(C(=O)NNC(=O)COc2ccccc2C(C)C)cc1. The van der Waals surface area contributed by atoms with Crippen molar-refractivity contribution in [3.63, 3.8) is 0 Å². The van der Waals surface area contributed by atoms with Gasteiger partial charge in [-0.1, -0.05) is 32.0 Å². The summed E-state index contributed by atoms with van der Waals surface area (Å²) < 4.78 is 16.3. The van der Waals surface area contributed by atoms with Gasteiger partial charge in [-0.3, -0.25) is 20.4 Å². The standard InChI is InChI=1S/C22H28N2O5/c1-4-27-13-14-28-18-11-9-17(10-12-18)22(26)24-23-21(25)15-29-20-8-6-5-7-19(20)16(2)3/h5-12,16H,4,13-15H2,1-3H3,(H,23,25)(H,24,26). The van der Waals surface area contributed by atoms with Crippen LogP contribution in [-0.2, 0) is 9.53 Å². The fourth-order valence-corrected chi connectivity index (χ4v) is 2.53. The van der Waals surface area contributed by atoms with Crippen LogP contribution in [0.5, 0.6) is 11.5 Å². The van der Waals surface area contributed by atoms with E-state index >= 15 is 0 Å². The summed E-state index contributed by atoms with van der Waals surface area (Å²) in [6, 6.07) is 14.2. The zero-order valence-electron chi connectivity index (χ0n) is 17.1. The van der Waals surface area contributed by atoms with E-state index in [2.05, 4.69) is 24.7 Å². The molecule has 2 rings (SSSR count). The molecule has 29 heavy (non-hydrogen) atoms. The second kappa shape index (κ2) is 11.7. The third-order valence-corrected chi connectivity index (χ3v) is 4.03. The summed E-state index contributed by atoms with van der Waals surface area (Å²) in [7, 11) is 0. The number of carbonyl (C=O) groups is 2. The highest BCUT2D eigenvalue weighted by atomic mass is 16.5. The number of hydrogen-bond acceptors (Lipinski definition) is 5. The normalized spacial score (nSPS) is 10.5. The predicted octanol–water partition coefficient (Wildman–Crippen LogP) is 3.07. The first-order valence-corrected chi connectivity index (χ1v) is 9.62. The van der Waals surface area contributed by atoms with Crippen LogP contribution < -0.4 is 20.3 Å². The van der Waals surface area contributed by atoms with Gasteiger partial charge in [-0.2, -0.15) is 0 Å². The molecule has 0 aliphatic carbocycles. The Kier molecular flexibility index (Phi) is 8.98. The van der Waals surface area contributed by atoms with Crippen LogP contribution in [0.15, 0.2) is 48.5 Å². The highest BCUT2D eigenvalue weighted by Gasteiger charge is 2.11. The monoisotopic (exact) mass is 400 g/mol. The Morgan fingerprint density at radius 1 is 0.931 bits per heavy atom. The molecule has 0 fully saturated rings. The first-order chi connectivity index (χ1) is 14.0. The van der Waals surface area contributed by atoms with Crippen molar-refractivity contribution >= 4 is 11.8 Å². The maximum absolute atomic E-state index is 12.1. The Morgan fingerprint density at radius 3 is 2.34 bits per heavy atom. The first-order valence-electron chi connectivity index (χ1n) is 9.62. The predicted molar refractivity (Wildman–Crippen MR) is 110 cm³/mol. The average molecular weight is 400 g/mol. The molecule has 2 amide bonds. The summed E-state index contributed by atoms with van der Waals surface area (Å²) in [6.07, 6.45) is 0. The number of ether oxygens (including phenoxy) is 3. The topological polar surface area (TPSA) is 85.9 Å². The second-order valence-electron chi connectivity index (χ2n) is 6.55. The number of amides is 2. The average Bonchev–Trinajstić information content (AvgIpc) is 2.74. The van der Waals surface area contributed by atoms with Crippen LogP contribution in [0.2, 0.25) is 0 Å². The van der Waals surface area contributed by atoms with Gasteiger partial charge >= 0.3 is 0 Å². The van der Waals surface area contributed by atoms with E-state index in [0.29, 0.717) is 36.9 Å². The molecule has 2 aromatic carbocycles. The van der Waals surface area contributed by atoms with Crippen molar-refractivity contribution in [1.82, 2.24) is 10.9 Å². The van der Waals surface area contributed by atoms with Crippen molar-refractivity contribution in [2.75, 3.05) is 26.4 Å². The molecule has 2 N–H and O–H groups in total. The molecule has 0 aromatic heterocycles. The molecule has 0 spiro atoms. The van der Waals surface area contributed by atoms with Crippen molar-refractivity contribution in [2.24, 2.45) is 0 Å². The lowest BCUT2D eigenvalue weighted by Crippen LogP contribution is -2.43. The molecule has 0 radical (unpaired) electrons. The lowest BCUT2D eigenvalue weighted by Gasteiger charge is -2.14. The minimum absolute atomic E-state index is 0.198. The molecule has 0 atom stereocenters. The summed E-state index contributed by atoms with van der Waals surface area (Å²) >= 11 is 0. The van der Waals surface area contributed by atoms with Crippen molar-refractivity contribution in [3.05, 3.63) is 59.7 Å². The van der Waals surface area contributed by atoms with Crippen molar-refractivity contribution in [1.29, 1.82) is 0 Å². The van der Waals surface area contributed by atoms with Gasteiger partial charge in [-0.15, -0.1) is 0 Å². The van der Waals surface area contributed by atoms with E-state index in [1.54, 1.807) is 24.3 Å². The lowest BCUT2D eigenvalue weighted by molar-refractivity contribution is -0.123. The van der Waals surface area contributed by atoms with E-state index in [-0.39, 0.29) is 12.5 Å². The van der Waals surface area contributed by atoms with Crippen LogP contribution in [0.3, 0.4) is 0 Å². The first kappa shape index (κ1) is 22.2. The van der Waals surface area contributed by atoms with Crippen LogP contribution in [0, 0.1) is 0 Å². The van der Waals surface area contributed by atoms with Crippen LogP contribution >= 0.6 is 0 Å². The molecule has 2 aromatic rings. The molecular formula is C22H28N2O5. The highest BCUT2D eigenvalue weighted by molar-refractivity contribution is 5.95. The summed E-state index contributed by atoms with van der Waals surface area (Å²) in [5.74, 6) is 0.695. The third kappa shape index (κ3) is 7.46. The molecule has 0 heterocycles. The Balaban J connectivity index is 1.76. The van der Waals surface area contributed by atoms with Crippen molar-refractivity contribution in [3.8, 4) is 11.5 Å². The Bertz CT molecular complexity index is 790. The smallest absolute Gasteiger partial charge is 0.276 e. The van der Waals surface area contributed by atoms with E-state index in [4.69, 9.17) is 14.2 Å². The van der Waals surface area contributed by atoms with Gasteiger partial charge in [-0.05, 0) is 48.7 Å². The zero-order chi connectivity index (χ0) is 21.1. The van der Waals surface area contributed by atoms with Gasteiger partial charge < -0.3 is 14.2 Å². The van der Waals surface area contributed by atoms with Crippen LogP contribution in [0.25, 0.3) is 0 Å². The van der Waals surface area contributed by atoms with Gasteiger partial charge in [-0.25, -0.2) is 0 Å². The maximum atomic E-state index is 12.1. The molecule has 0 aliphatic rings. The van der Waals surface area contributed by atoms with Gasteiger partial charge in [0, 0.05) is 12.2 Å². The number of hydrazine groups is 1. The number of hydrogen-bond donors (Lipinski definition) is 2. The molecular weight excluding hydrogens is 372 g/mol. The van der Waals surface area contributed by atoms with E-state index in [9.17, 15) is 9.59 Å². The molecule has 0 bridgehead atoms. The van der Waals surface area contributed by atoms with Crippen molar-refractivity contribution in [2.45, 2.75) is 26.7 Å². The van der Waals surface area contributed by atoms with Crippen LogP contribution in [-0.4, -0.2) is 38.2 Å². The minimum atomic E-state index is -0.451. The van der Waals surface area contributed by atoms with E-state index in [1.807, 2.05) is 31.2 Å². The van der Waals surface area contributed by atoms with Gasteiger partial charge in [0.15, 0.2) is 6.61 Å². The second-order valence-corrected chi connectivity index (χ2v) is 6.55. The van der Waals surface area contributed by atoms with Crippen LogP contribution in [0.4, 0.5) is 0 Å². The largest absolute Gasteiger partial charge is 0.491 e. The van der Waals surface area contributed by atoms with Gasteiger partial charge in [0.1, 0.15) is 18.1 Å². The summed E-state index contributed by atoms with van der Waals surface area (Å²) in [6.45, 7) is 7.42. The summed E-state index contributed by atoms with van der Waals surface area (Å²) in [5.41, 5.74) is 6.14. The number of nitrogens with one attached hydrogen (secondary N) is 2. The molecule has 7 heteroatoms. The van der Waals surface area contributed by atoms with Crippen molar-refractivity contribution < 1.29 is 23.8 Å². The van der Waals surface area contributed by atoms with Crippen LogP contribution in [0.1, 0.15) is 42.6 Å². The summed E-state index contributed by atoms with van der Waals surface area (Å²) in [5, 5.41) is 0. The Labute approximate surface area is 171 Å². The molecule has 7 nitrogen and oxygen atoms in total. The fourth-order valence-electron chi connectivity index (χ4n) is 2.53. The molecule has 156 valence electrons. The summed E-state index contributed by atoms with van der Waals surface area (Å²) in [4.78, 5) is 24.1. The Morgan fingerprint density at radius 2 is 1.66 bits per heavy atom. The quantitative estimate of drug-likeness (QED) is 0.473. The maximum Gasteiger partial charge on any atom is 0.276 e. The minimum Gasteiger partial charge on any atom is -0.491 e. The number of benzene rings is 2. The fraction of sp³-hybridized carbons (Fsp3) is 0.364. The Hall–Kier alpha value is -3.06. The number of carbonyl (C=O) groups excluding carboxylic acids is 2. The third-order valence-electron chi connectivity index (χ3n) is 4.03. The molecule has 0 aliphatic heterocycles. The number of rotatable bonds is 10. The van der Waals surface area contributed by atoms with Gasteiger partial charge in [0.2, 0.25) is 0 Å². The molecule has 0 saturated carbocycles. The van der Waals surface area contributed by atoms with E-state index < -0.39 is 11.8 Å². The van der Waals surface area contributed by atoms with E-state index in [0.717, 1.165) is 5.56 Å². The van der Waals surface area contributed by atoms with Gasteiger partial charge in [0.25, 0.3) is 11.8 Å². The van der Waals surface area contributed by atoms with Gasteiger partial charge in [0.05, 0.1) is 6.61 Å². The zero-order valence-corrected chi connectivity index (χ0v) is 17.1.